The van der Waals surface area contributed by atoms with E-state index in [9.17, 15) is 72.2 Å². The van der Waals surface area contributed by atoms with E-state index in [0.29, 0.717) is 45.5 Å². The van der Waals surface area contributed by atoms with Gasteiger partial charge in [-0.05, 0) is 39.5 Å². The predicted octanol–water partition coefficient (Wildman–Crippen LogP) is -0.427. The maximum Gasteiger partial charge on any atom is 0.306 e. The summed E-state index contributed by atoms with van der Waals surface area (Å²) >= 11 is 0. The first-order chi connectivity index (χ1) is 63.8. The Morgan fingerprint density at radius 2 is 0.389 bits per heavy atom. The Kier molecular flexibility index (Phi) is 91.6. The fraction of sp³-hybridized carbons (Fsp3) is 0.839. The van der Waals surface area contributed by atoms with Gasteiger partial charge in [-0.2, -0.15) is 0 Å². The first-order valence-corrected chi connectivity index (χ1v) is 46.0. The number of hydrogen-bond acceptors (Lipinski definition) is 34. The van der Waals surface area contributed by atoms with Gasteiger partial charge >= 0.3 is 5.97 Å². The van der Waals surface area contributed by atoms with E-state index in [-0.39, 0.29) is 399 Å². The number of unbranched alkanes of at least 4 members (excludes halogenated alkanes) is 13. The highest BCUT2D eigenvalue weighted by molar-refractivity contribution is 5.85. The zero-order chi connectivity index (χ0) is 95.7. The molecule has 0 saturated heterocycles. The molecule has 44 heteroatoms. The molecular weight excluding hydrogens is 1730 g/mol. The van der Waals surface area contributed by atoms with Gasteiger partial charge in [0.2, 0.25) is 53.2 Å². The van der Waals surface area contributed by atoms with E-state index in [2.05, 4.69) is 47.9 Å². The third-order valence-corrected chi connectivity index (χ3v) is 17.8. The second-order valence-electron chi connectivity index (χ2n) is 29.6. The highest BCUT2D eigenvalue weighted by atomic mass is 16.6. The average molecular weight is 1890 g/mol. The van der Waals surface area contributed by atoms with Crippen molar-refractivity contribution in [2.45, 2.75) is 149 Å². The van der Waals surface area contributed by atoms with Gasteiger partial charge in [0.15, 0.2) is 11.6 Å². The molecule has 0 saturated carbocycles. The maximum absolute atomic E-state index is 12.5. The summed E-state index contributed by atoms with van der Waals surface area (Å²) in [6.45, 7) is 10.2. The zero-order valence-electron chi connectivity index (χ0n) is 77.9. The SMILES string of the molecule is CC(=O)CCCCCCCCCCCCCCCCC(=O)C[C@@H](CCC(=O)NCCOCCOCC(=O)NCCOCCOCC(=O)NCCOCCOCC(=O)NCCOCCOCC(=O)NCCOCCOCC(=O)NCCOCCOCC(=O)NCCOCCOCC(=O)NCCOCCOCC(=O)NCCOCCOCC(=O)CCCOCCOCC(C)=O)C(=O)O. The van der Waals surface area contributed by atoms with E-state index in [1.807, 2.05) is 0 Å². The number of aliphatic carboxylic acids is 1. The fourth-order valence-electron chi connectivity index (χ4n) is 11.0. The van der Waals surface area contributed by atoms with Crippen LogP contribution in [0.25, 0.3) is 0 Å². The molecule has 0 aliphatic carbocycles. The number of carbonyl (C=O) groups is 14. The van der Waals surface area contributed by atoms with E-state index in [1.54, 1.807) is 6.92 Å². The van der Waals surface area contributed by atoms with Crippen molar-refractivity contribution in [3.05, 3.63) is 0 Å². The molecule has 0 aliphatic heterocycles. The highest BCUT2D eigenvalue weighted by Crippen LogP contribution is 2.17. The van der Waals surface area contributed by atoms with E-state index < -0.39 is 11.9 Å². The molecule has 131 heavy (non-hydrogen) atoms. The number of rotatable bonds is 104. The molecule has 0 unspecified atom stereocenters. The molecule has 0 aromatic carbocycles. The number of Topliss-reactive ketones (excluding diaryl/α,β-unsaturated/α-hetero) is 4. The van der Waals surface area contributed by atoms with Gasteiger partial charge < -0.3 is 152 Å². The van der Waals surface area contributed by atoms with Crippen LogP contribution in [0, 0.1) is 5.92 Å². The second-order valence-corrected chi connectivity index (χ2v) is 29.6. The first-order valence-electron chi connectivity index (χ1n) is 46.0. The number of nitrogens with one attached hydrogen (secondary N) is 9. The molecule has 1 atom stereocenters. The molecule has 0 heterocycles. The van der Waals surface area contributed by atoms with Crippen LogP contribution in [0.2, 0.25) is 0 Å². The third kappa shape index (κ3) is 98.4. The normalized spacial score (nSPS) is 11.4. The average Bonchev–Trinajstić information content (AvgIpc) is 0.927. The smallest absolute Gasteiger partial charge is 0.306 e. The Morgan fingerprint density at radius 1 is 0.191 bits per heavy atom. The molecule has 10 N–H and O–H groups in total. The summed E-state index contributed by atoms with van der Waals surface area (Å²) in [5.41, 5.74) is 0. The van der Waals surface area contributed by atoms with Gasteiger partial charge in [-0.25, -0.2) is 0 Å². The molecular formula is C87H157N9O35. The third-order valence-electron chi connectivity index (χ3n) is 17.8. The van der Waals surface area contributed by atoms with E-state index in [4.69, 9.17) is 94.7 Å². The molecule has 760 valence electrons. The lowest BCUT2D eigenvalue weighted by atomic mass is 9.94. The Morgan fingerprint density at radius 3 is 0.626 bits per heavy atom. The van der Waals surface area contributed by atoms with Crippen molar-refractivity contribution in [2.75, 3.05) is 323 Å². The summed E-state index contributed by atoms with van der Waals surface area (Å²) < 4.78 is 107. The summed E-state index contributed by atoms with van der Waals surface area (Å²) in [5, 5.41) is 33.6. The van der Waals surface area contributed by atoms with Gasteiger partial charge in [-0.1, -0.05) is 77.0 Å². The van der Waals surface area contributed by atoms with Crippen molar-refractivity contribution < 1.29 is 167 Å². The van der Waals surface area contributed by atoms with Gasteiger partial charge in [-0.15, -0.1) is 0 Å². The molecule has 0 aliphatic rings. The van der Waals surface area contributed by atoms with Crippen LogP contribution in [0.1, 0.15) is 149 Å². The predicted molar refractivity (Wildman–Crippen MR) is 473 cm³/mol. The number of carboxylic acids is 1. The van der Waals surface area contributed by atoms with Crippen LogP contribution in [0.15, 0.2) is 0 Å². The first kappa shape index (κ1) is 124. The van der Waals surface area contributed by atoms with Crippen molar-refractivity contribution in [3.63, 3.8) is 0 Å². The Balaban J connectivity index is 3.50. The lowest BCUT2D eigenvalue weighted by Crippen LogP contribution is -2.33. The molecule has 0 fully saturated rings. The van der Waals surface area contributed by atoms with E-state index >= 15 is 0 Å². The van der Waals surface area contributed by atoms with Crippen LogP contribution in [0.3, 0.4) is 0 Å². The fourth-order valence-corrected chi connectivity index (χ4v) is 11.0. The van der Waals surface area contributed by atoms with Crippen molar-refractivity contribution in [3.8, 4) is 0 Å². The molecule has 0 aromatic rings. The lowest BCUT2D eigenvalue weighted by Gasteiger charge is -2.12. The summed E-state index contributed by atoms with van der Waals surface area (Å²) in [6, 6.07) is 0. The van der Waals surface area contributed by atoms with Crippen LogP contribution in [0.4, 0.5) is 0 Å². The molecule has 44 nitrogen and oxygen atoms in total. The number of ketones is 4. The highest BCUT2D eigenvalue weighted by Gasteiger charge is 2.23. The molecule has 0 spiro atoms. The standard InChI is InChI=1S/C87H157N9O35/c1-73(97)18-15-13-11-9-7-5-3-4-6-8-10-12-14-16-19-76(99)62-75(87(110)111)21-22-78(101)88-23-33-113-44-54-124-65-80(103)90-25-35-115-46-56-126-67-82(105)92-27-37-117-48-58-128-69-84(107)94-29-39-119-50-60-130-71-86(109)96-31-41-121-51-61-131-72-85(108)95-30-40-120-49-59-129-70-83(106)93-28-38-118-47-57-127-68-81(104)91-26-36-116-45-55-125-66-79(102)89-24-34-114-43-53-123-64-77(100)20-17-32-112-42-52-122-63-74(2)98/h75H,3-72H2,1-2H3,(H,88,101)(H,89,102)(H,90,103)(H,91,104)(H,92,105)(H,93,106)(H,94,107)(H,95,108)(H,96,109)(H,110,111)/t75-/m1/s1. The minimum Gasteiger partial charge on any atom is -0.481 e. The van der Waals surface area contributed by atoms with Gasteiger partial charge in [0.05, 0.1) is 198 Å². The van der Waals surface area contributed by atoms with Crippen LogP contribution < -0.4 is 47.9 Å². The molecule has 0 aromatic heterocycles. The monoisotopic (exact) mass is 1890 g/mol. The number of hydrogen-bond donors (Lipinski definition) is 10. The molecule has 9 amide bonds. The largest absolute Gasteiger partial charge is 0.481 e. The van der Waals surface area contributed by atoms with E-state index in [1.165, 1.54) is 58.3 Å². The van der Waals surface area contributed by atoms with Gasteiger partial charge in [-0.3, -0.25) is 62.3 Å². The Bertz CT molecular complexity index is 2900. The summed E-state index contributed by atoms with van der Waals surface area (Å²) in [7, 11) is 0. The molecule has 0 rings (SSSR count). The maximum atomic E-state index is 12.5. The van der Waals surface area contributed by atoms with Crippen molar-refractivity contribution in [2.24, 2.45) is 5.92 Å². The summed E-state index contributed by atoms with van der Waals surface area (Å²) in [4.78, 5) is 167. The number of carboxylic acid groups (broad SMARTS) is 1. The molecule has 0 bridgehead atoms. The summed E-state index contributed by atoms with van der Waals surface area (Å²) in [6.07, 6.45) is 17.9. The lowest BCUT2D eigenvalue weighted by molar-refractivity contribution is -0.144. The van der Waals surface area contributed by atoms with Crippen molar-refractivity contribution in [1.82, 2.24) is 47.9 Å². The zero-order valence-corrected chi connectivity index (χ0v) is 77.9. The minimum absolute atomic E-state index is 0.0206. The van der Waals surface area contributed by atoms with Crippen molar-refractivity contribution >= 4 is 82.3 Å². The number of ether oxygens (including phenoxy) is 20. The van der Waals surface area contributed by atoms with E-state index in [0.717, 1.165) is 38.5 Å². The Labute approximate surface area is 771 Å². The Hall–Kier alpha value is -7.42. The second kappa shape index (κ2) is 97.1. The van der Waals surface area contributed by atoms with Crippen LogP contribution in [0.5, 0.6) is 0 Å². The number of amides is 9. The molecule has 0 radical (unpaired) electrons. The van der Waals surface area contributed by atoms with Crippen molar-refractivity contribution in [1.29, 1.82) is 0 Å². The van der Waals surface area contributed by atoms with Crippen LogP contribution >= 0.6 is 0 Å². The van der Waals surface area contributed by atoms with Gasteiger partial charge in [0, 0.05) is 97.6 Å². The summed E-state index contributed by atoms with van der Waals surface area (Å²) in [5.74, 6) is -4.96. The van der Waals surface area contributed by atoms with Crippen LogP contribution in [-0.2, 0) is 162 Å². The topological polar surface area (TPSA) is 552 Å². The van der Waals surface area contributed by atoms with Gasteiger partial charge in [0.25, 0.3) is 0 Å². The van der Waals surface area contributed by atoms with Crippen LogP contribution in [-0.4, -0.2) is 411 Å². The number of carbonyl (C=O) groups excluding carboxylic acids is 13. The quantitative estimate of drug-likeness (QED) is 0.0346. The van der Waals surface area contributed by atoms with Gasteiger partial charge in [0.1, 0.15) is 77.6 Å². The minimum atomic E-state index is -1.08.